The van der Waals surface area contributed by atoms with E-state index in [4.69, 9.17) is 34.7 Å². The van der Waals surface area contributed by atoms with E-state index in [-0.39, 0.29) is 30.2 Å². The fourth-order valence-corrected chi connectivity index (χ4v) is 5.96. The number of imidazole rings is 1. The number of para-hydroxylation sites is 1. The maximum Gasteiger partial charge on any atom is 0.459 e. The van der Waals surface area contributed by atoms with Crippen molar-refractivity contribution >= 4 is 36.6 Å². The summed E-state index contributed by atoms with van der Waals surface area (Å²) in [5.41, 5.74) is 10.8. The molecule has 3 aromatic rings. The number of carbonyl (C=O) groups excluding carboxylic acids is 1. The molecule has 6 N–H and O–H groups in total. The van der Waals surface area contributed by atoms with Crippen LogP contribution in [0.5, 0.6) is 5.75 Å². The predicted molar refractivity (Wildman–Crippen MR) is 137 cm³/mol. The Balaban J connectivity index is 1.37. The van der Waals surface area contributed by atoms with Crippen molar-refractivity contribution in [3.8, 4) is 5.75 Å². The number of esters is 1. The van der Waals surface area contributed by atoms with Crippen molar-refractivity contribution in [2.24, 2.45) is 0 Å². The third-order valence-electron chi connectivity index (χ3n) is 6.25. The van der Waals surface area contributed by atoms with Crippen molar-refractivity contribution in [1.29, 1.82) is 0 Å². The molecule has 6 atom stereocenters. The number of aromatic nitrogens is 4. The first-order valence-electron chi connectivity index (χ1n) is 12.2. The van der Waals surface area contributed by atoms with E-state index in [1.54, 1.807) is 44.2 Å². The van der Waals surface area contributed by atoms with E-state index < -0.39 is 50.4 Å². The molecule has 39 heavy (non-hydrogen) atoms. The highest BCUT2D eigenvalue weighted by Gasteiger charge is 2.63. The first kappa shape index (κ1) is 27.2. The number of nitrogens with one attached hydrogen (secondary N) is 1. The summed E-state index contributed by atoms with van der Waals surface area (Å²) in [7, 11) is -4.21. The summed E-state index contributed by atoms with van der Waals surface area (Å²) in [6.45, 7) is 4.41. The number of rotatable bonds is 10. The molecule has 2 bridgehead atoms. The molecule has 4 heterocycles. The lowest BCUT2D eigenvalue weighted by Gasteiger charge is -2.32. The summed E-state index contributed by atoms with van der Waals surface area (Å²) >= 11 is 0. The SMILES string of the molecule is CC(C)OC(=O)C(C)NP(=O)(OCC12COC(C(n3cnc4c(N)nc(N)nc43)O1)C2O)Oc1ccccc1. The monoisotopic (exact) mass is 563 g/mol. The second-order valence-electron chi connectivity index (χ2n) is 9.60. The number of hydrogen-bond acceptors (Lipinski definition) is 13. The first-order valence-corrected chi connectivity index (χ1v) is 13.7. The molecule has 16 heteroatoms. The lowest BCUT2D eigenvalue weighted by atomic mass is 10.0. The lowest BCUT2D eigenvalue weighted by Crippen LogP contribution is -2.46. The van der Waals surface area contributed by atoms with Crippen LogP contribution in [0.3, 0.4) is 0 Å². The van der Waals surface area contributed by atoms with Crippen molar-refractivity contribution in [1.82, 2.24) is 24.6 Å². The summed E-state index contributed by atoms with van der Waals surface area (Å²) in [6, 6.07) is 7.28. The van der Waals surface area contributed by atoms with Crippen molar-refractivity contribution in [3.63, 3.8) is 0 Å². The summed E-state index contributed by atoms with van der Waals surface area (Å²) in [5.74, 6) is -0.368. The molecule has 15 nitrogen and oxygen atoms in total. The van der Waals surface area contributed by atoms with Crippen LogP contribution in [0.25, 0.3) is 11.2 Å². The second kappa shape index (κ2) is 10.3. The molecule has 2 fully saturated rings. The first-order chi connectivity index (χ1) is 18.5. The number of carbonyl (C=O) groups is 1. The van der Waals surface area contributed by atoms with Crippen LogP contribution in [-0.2, 0) is 28.1 Å². The van der Waals surface area contributed by atoms with Crippen molar-refractivity contribution in [3.05, 3.63) is 36.7 Å². The van der Waals surface area contributed by atoms with E-state index in [1.807, 2.05) is 0 Å². The van der Waals surface area contributed by atoms with Crippen LogP contribution in [0.2, 0.25) is 0 Å². The van der Waals surface area contributed by atoms with Crippen LogP contribution in [0, 0.1) is 0 Å². The van der Waals surface area contributed by atoms with Gasteiger partial charge in [-0.05, 0) is 32.9 Å². The third-order valence-corrected chi connectivity index (χ3v) is 7.88. The fraction of sp³-hybridized carbons (Fsp3) is 0.478. The zero-order valence-corrected chi connectivity index (χ0v) is 22.4. The minimum Gasteiger partial charge on any atom is -0.462 e. The topological polar surface area (TPSA) is 208 Å². The van der Waals surface area contributed by atoms with Crippen LogP contribution < -0.4 is 21.1 Å². The van der Waals surface area contributed by atoms with E-state index in [2.05, 4.69) is 20.0 Å². The van der Waals surface area contributed by atoms with Gasteiger partial charge in [0, 0.05) is 0 Å². The maximum absolute atomic E-state index is 13.9. The number of hydrogen-bond donors (Lipinski definition) is 4. The van der Waals surface area contributed by atoms with Crippen molar-refractivity contribution in [2.75, 3.05) is 24.7 Å². The van der Waals surface area contributed by atoms with E-state index in [0.717, 1.165) is 0 Å². The lowest BCUT2D eigenvalue weighted by molar-refractivity contribution is -0.183. The molecule has 2 saturated heterocycles. The Labute approximate surface area is 223 Å². The van der Waals surface area contributed by atoms with Crippen molar-refractivity contribution in [2.45, 2.75) is 57.0 Å². The van der Waals surface area contributed by atoms with E-state index in [1.165, 1.54) is 17.8 Å². The van der Waals surface area contributed by atoms with Gasteiger partial charge < -0.3 is 35.3 Å². The number of ether oxygens (including phenoxy) is 3. The molecule has 1 aromatic carbocycles. The molecule has 5 rings (SSSR count). The fourth-order valence-electron chi connectivity index (χ4n) is 4.41. The molecule has 0 radical (unpaired) electrons. The largest absolute Gasteiger partial charge is 0.462 e. The smallest absolute Gasteiger partial charge is 0.459 e. The highest BCUT2D eigenvalue weighted by Crippen LogP contribution is 2.50. The van der Waals surface area contributed by atoms with Gasteiger partial charge in [-0.1, -0.05) is 18.2 Å². The third kappa shape index (κ3) is 5.29. The van der Waals surface area contributed by atoms with Gasteiger partial charge in [0.25, 0.3) is 0 Å². The molecular weight excluding hydrogens is 533 g/mol. The number of fused-ring (bicyclic) bond motifs is 3. The Morgan fingerprint density at radius 2 is 2.03 bits per heavy atom. The van der Waals surface area contributed by atoms with Gasteiger partial charge in [0.2, 0.25) is 5.95 Å². The molecule has 6 unspecified atom stereocenters. The van der Waals surface area contributed by atoms with Gasteiger partial charge >= 0.3 is 13.7 Å². The zero-order valence-electron chi connectivity index (χ0n) is 21.5. The van der Waals surface area contributed by atoms with E-state index in [0.29, 0.717) is 11.2 Å². The van der Waals surface area contributed by atoms with Crippen LogP contribution in [-0.4, -0.2) is 73.8 Å². The van der Waals surface area contributed by atoms with Crippen LogP contribution >= 0.6 is 7.75 Å². The maximum atomic E-state index is 13.9. The molecule has 210 valence electrons. The minimum atomic E-state index is -4.21. The molecule has 0 spiro atoms. The standard InChI is InChI=1S/C23H30N7O8P/c1-12(2)36-21(32)13(3)29-39(33,38-14-7-5-4-6-8-14)35-10-23-9-34-16(17(23)31)20(37-23)30-11-26-15-18(24)27-22(25)28-19(15)30/h4-8,11-13,16-17,20,31H,9-10H2,1-3H3,(H,29,33)(H4,24,25,27,28). The van der Waals surface area contributed by atoms with E-state index in [9.17, 15) is 14.5 Å². The normalized spacial score (nSPS) is 26.5. The number of anilines is 2. The van der Waals surface area contributed by atoms with Crippen LogP contribution in [0.15, 0.2) is 36.7 Å². The Kier molecular flexibility index (Phi) is 7.22. The average Bonchev–Trinajstić information content (AvgIpc) is 3.52. The van der Waals surface area contributed by atoms with Gasteiger partial charge in [-0.2, -0.15) is 15.1 Å². The molecule has 2 aromatic heterocycles. The molecule has 2 aliphatic rings. The Bertz CT molecular complexity index is 1410. The highest BCUT2D eigenvalue weighted by atomic mass is 31.2. The highest BCUT2D eigenvalue weighted by molar-refractivity contribution is 7.52. The molecule has 0 saturated carbocycles. The Morgan fingerprint density at radius 3 is 2.74 bits per heavy atom. The summed E-state index contributed by atoms with van der Waals surface area (Å²) in [6.07, 6.45) is -1.83. The van der Waals surface area contributed by atoms with Crippen molar-refractivity contribution < 1.29 is 37.7 Å². The van der Waals surface area contributed by atoms with Gasteiger partial charge in [-0.15, -0.1) is 0 Å². The minimum absolute atomic E-state index is 0.0559. The molecular formula is C23H30N7O8P. The molecule has 0 aliphatic carbocycles. The Morgan fingerprint density at radius 1 is 1.28 bits per heavy atom. The molecule has 0 amide bonds. The van der Waals surface area contributed by atoms with Gasteiger partial charge in [0.05, 0.1) is 25.6 Å². The quantitative estimate of drug-likeness (QED) is 0.202. The number of nitrogens with two attached hydrogens (primary N) is 2. The number of aliphatic hydroxyl groups excluding tert-OH is 1. The van der Waals surface area contributed by atoms with E-state index >= 15 is 0 Å². The number of nitrogens with zero attached hydrogens (tertiary/aromatic N) is 4. The zero-order chi connectivity index (χ0) is 27.9. The van der Waals surface area contributed by atoms with Gasteiger partial charge in [0.1, 0.15) is 35.1 Å². The summed E-state index contributed by atoms with van der Waals surface area (Å²) in [5, 5.41) is 13.7. The second-order valence-corrected chi connectivity index (χ2v) is 11.3. The molecule has 2 aliphatic heterocycles. The Hall–Kier alpha value is -3.33. The van der Waals surface area contributed by atoms with Gasteiger partial charge in [-0.3, -0.25) is 13.9 Å². The van der Waals surface area contributed by atoms with Gasteiger partial charge in [-0.25, -0.2) is 9.55 Å². The van der Waals surface area contributed by atoms with Crippen LogP contribution in [0.4, 0.5) is 11.8 Å². The summed E-state index contributed by atoms with van der Waals surface area (Å²) < 4.78 is 44.1. The number of aliphatic hydroxyl groups is 1. The average molecular weight is 564 g/mol. The van der Waals surface area contributed by atoms with Crippen LogP contribution in [0.1, 0.15) is 27.0 Å². The summed E-state index contributed by atoms with van der Waals surface area (Å²) in [4.78, 5) is 24.7. The predicted octanol–water partition coefficient (Wildman–Crippen LogP) is 1.15. The number of nitrogen functional groups attached to an aromatic ring is 2. The number of benzene rings is 1. The van der Waals surface area contributed by atoms with Gasteiger partial charge in [0.15, 0.2) is 17.7 Å².